The van der Waals surface area contributed by atoms with Crippen molar-refractivity contribution in [1.29, 1.82) is 0 Å². The number of aromatic amines is 1. The molecule has 2 aromatic carbocycles. The largest absolute Gasteiger partial charge is 0.353 e. The molecule has 2 amide bonds. The average Bonchev–Trinajstić information content (AvgIpc) is 2.81. The molecule has 0 bridgehead atoms. The number of pyridine rings is 1. The topological polar surface area (TPSA) is 155 Å². The van der Waals surface area contributed by atoms with Crippen LogP contribution in [0.25, 0.3) is 10.9 Å². The van der Waals surface area contributed by atoms with Gasteiger partial charge in [-0.25, -0.2) is 4.98 Å². The zero-order valence-electron chi connectivity index (χ0n) is 18.3. The number of hydrogen-bond acceptors (Lipinski definition) is 2. The molecule has 1 heterocycles. The molecule has 0 aliphatic heterocycles. The van der Waals surface area contributed by atoms with Crippen molar-refractivity contribution in [2.45, 2.75) is 37.4 Å². The van der Waals surface area contributed by atoms with Crippen molar-refractivity contribution in [3.63, 3.8) is 0 Å². The number of anilines is 1. The van der Waals surface area contributed by atoms with Crippen LogP contribution in [0.2, 0.25) is 0 Å². The third-order valence-corrected chi connectivity index (χ3v) is 5.52. The predicted octanol–water partition coefficient (Wildman–Crippen LogP) is -1.44. The van der Waals surface area contributed by atoms with Gasteiger partial charge in [-0.15, -0.1) is 0 Å². The fraction of sp³-hybridized carbons (Fsp3) is 0.292. The number of rotatable bonds is 10. The van der Waals surface area contributed by atoms with E-state index in [1.807, 2.05) is 60.7 Å². The third kappa shape index (κ3) is 6.58. The van der Waals surface area contributed by atoms with Gasteiger partial charge in [-0.05, 0) is 30.5 Å². The molecule has 12 N–H and O–H groups in total. The summed E-state index contributed by atoms with van der Waals surface area (Å²) in [5, 5.41) is 6.83. The van der Waals surface area contributed by atoms with E-state index in [1.165, 1.54) is 0 Å². The molecule has 0 saturated carbocycles. The van der Waals surface area contributed by atoms with Gasteiger partial charge in [0.2, 0.25) is 11.4 Å². The van der Waals surface area contributed by atoms with Gasteiger partial charge in [-0.2, -0.15) is 0 Å². The summed E-state index contributed by atoms with van der Waals surface area (Å²) in [6.07, 6.45) is 3.43. The Morgan fingerprint density at radius 3 is 2.44 bits per heavy atom. The molecule has 8 nitrogen and oxygen atoms in total. The SMILES string of the molecule is [NH3+]CC([NH3+])C[C@H]([NH3+])C(=O)N[C@H](CCc1ccccc1)C(=O)Nc1c[nH+]c2ccccc2c1. The van der Waals surface area contributed by atoms with Crippen LogP contribution in [0.15, 0.2) is 66.9 Å². The van der Waals surface area contributed by atoms with Gasteiger partial charge >= 0.3 is 0 Å². The number of aromatic nitrogens is 1. The van der Waals surface area contributed by atoms with Crippen molar-refractivity contribution in [2.24, 2.45) is 0 Å². The highest BCUT2D eigenvalue weighted by molar-refractivity contribution is 5.98. The van der Waals surface area contributed by atoms with E-state index < -0.39 is 12.1 Å². The number of H-pyrrole nitrogens is 1. The van der Waals surface area contributed by atoms with Crippen LogP contribution in [-0.4, -0.2) is 36.5 Å². The molecular weight excluding hydrogens is 404 g/mol. The first-order chi connectivity index (χ1) is 15.5. The molecular formula is C24H34N6O2+4. The second-order valence-corrected chi connectivity index (χ2v) is 8.14. The van der Waals surface area contributed by atoms with Gasteiger partial charge in [0.05, 0.1) is 6.42 Å². The molecule has 0 aliphatic rings. The zero-order chi connectivity index (χ0) is 22.9. The molecule has 8 heteroatoms. The second kappa shape index (κ2) is 11.3. The molecule has 0 fully saturated rings. The number of carbonyl (C=O) groups is 2. The van der Waals surface area contributed by atoms with Gasteiger partial charge in [-0.1, -0.05) is 42.5 Å². The van der Waals surface area contributed by atoms with Crippen LogP contribution in [0.1, 0.15) is 18.4 Å². The van der Waals surface area contributed by atoms with Gasteiger partial charge in [-0.3, -0.25) is 9.59 Å². The first-order valence-corrected chi connectivity index (χ1v) is 11.0. The number of quaternary nitrogens is 3. The van der Waals surface area contributed by atoms with Crippen molar-refractivity contribution in [3.8, 4) is 0 Å². The molecule has 168 valence electrons. The molecule has 0 radical (unpaired) electrons. The summed E-state index contributed by atoms with van der Waals surface area (Å²) in [6, 6.07) is 18.5. The summed E-state index contributed by atoms with van der Waals surface area (Å²) in [5.74, 6) is -0.501. The molecule has 3 rings (SSSR count). The Labute approximate surface area is 187 Å². The van der Waals surface area contributed by atoms with E-state index in [0.717, 1.165) is 16.5 Å². The number of carbonyl (C=O) groups excluding carboxylic acids is 2. The van der Waals surface area contributed by atoms with Gasteiger partial charge < -0.3 is 27.8 Å². The van der Waals surface area contributed by atoms with Crippen LogP contribution < -0.4 is 32.8 Å². The lowest BCUT2D eigenvalue weighted by Gasteiger charge is -2.20. The number of para-hydroxylation sites is 1. The number of nitrogens with one attached hydrogen (secondary N) is 3. The minimum absolute atomic E-state index is 0.0491. The lowest BCUT2D eigenvalue weighted by atomic mass is 10.0. The van der Waals surface area contributed by atoms with Crippen LogP contribution in [0, 0.1) is 0 Å². The highest BCUT2D eigenvalue weighted by atomic mass is 16.2. The van der Waals surface area contributed by atoms with Crippen molar-refractivity contribution in [1.82, 2.24) is 5.32 Å². The monoisotopic (exact) mass is 438 g/mol. The van der Waals surface area contributed by atoms with Crippen molar-refractivity contribution < 1.29 is 31.8 Å². The first kappa shape index (κ1) is 23.3. The van der Waals surface area contributed by atoms with Crippen LogP contribution in [0.3, 0.4) is 0 Å². The molecule has 0 saturated heterocycles. The molecule has 3 atom stereocenters. The maximum absolute atomic E-state index is 13.1. The fourth-order valence-corrected chi connectivity index (χ4v) is 3.56. The minimum atomic E-state index is -0.679. The van der Waals surface area contributed by atoms with Crippen molar-refractivity contribution >= 4 is 28.4 Å². The Hall–Kier alpha value is -3.33. The molecule has 32 heavy (non-hydrogen) atoms. The van der Waals surface area contributed by atoms with Gasteiger partial charge in [0.25, 0.3) is 5.91 Å². The maximum atomic E-state index is 13.1. The van der Waals surface area contributed by atoms with Crippen molar-refractivity contribution in [3.05, 3.63) is 72.4 Å². The Kier molecular flexibility index (Phi) is 8.27. The number of amides is 2. The summed E-state index contributed by atoms with van der Waals surface area (Å²) in [5.41, 5.74) is 14.5. The van der Waals surface area contributed by atoms with Crippen LogP contribution in [-0.2, 0) is 16.0 Å². The van der Waals surface area contributed by atoms with Gasteiger partial charge in [0.15, 0.2) is 12.2 Å². The summed E-state index contributed by atoms with van der Waals surface area (Å²) < 4.78 is 0. The quantitative estimate of drug-likeness (QED) is 0.263. The van der Waals surface area contributed by atoms with E-state index in [2.05, 4.69) is 32.8 Å². The molecule has 3 aromatic rings. The Bertz CT molecular complexity index is 1040. The van der Waals surface area contributed by atoms with Crippen LogP contribution in [0.5, 0.6) is 0 Å². The summed E-state index contributed by atoms with van der Waals surface area (Å²) in [6.45, 7) is 0.635. The highest BCUT2D eigenvalue weighted by Crippen LogP contribution is 2.14. The summed E-state index contributed by atoms with van der Waals surface area (Å²) >= 11 is 0. The summed E-state index contributed by atoms with van der Waals surface area (Å²) in [4.78, 5) is 29.0. The van der Waals surface area contributed by atoms with E-state index in [-0.39, 0.29) is 17.9 Å². The number of aryl methyl sites for hydroxylation is 1. The minimum Gasteiger partial charge on any atom is -0.353 e. The molecule has 1 unspecified atom stereocenters. The molecule has 1 aromatic heterocycles. The van der Waals surface area contributed by atoms with Gasteiger partial charge in [0.1, 0.15) is 24.3 Å². The normalized spacial score (nSPS) is 13.8. The second-order valence-electron chi connectivity index (χ2n) is 8.14. The lowest BCUT2D eigenvalue weighted by Crippen LogP contribution is -2.78. The Morgan fingerprint density at radius 1 is 0.969 bits per heavy atom. The standard InChI is InChI=1S/C24H30N6O2/c25-14-18(26)13-20(27)23(31)30-22(11-10-16-6-2-1-3-7-16)24(32)29-19-12-17-8-4-5-9-21(17)28-15-19/h1-9,12,15,18,20,22H,10-11,13-14,25-27H2,(H,29,32)(H,30,31)/p+4/t18?,20-,22+/m0/s1. The Balaban J connectivity index is 1.71. The number of benzene rings is 2. The van der Waals surface area contributed by atoms with Crippen LogP contribution >= 0.6 is 0 Å². The summed E-state index contributed by atoms with van der Waals surface area (Å²) in [7, 11) is 0. The predicted molar refractivity (Wildman–Crippen MR) is 122 cm³/mol. The van der Waals surface area contributed by atoms with E-state index in [4.69, 9.17) is 0 Å². The highest BCUT2D eigenvalue weighted by Gasteiger charge is 2.28. The van der Waals surface area contributed by atoms with E-state index in [1.54, 1.807) is 6.20 Å². The fourth-order valence-electron chi connectivity index (χ4n) is 3.56. The molecule has 0 spiro atoms. The average molecular weight is 439 g/mol. The lowest BCUT2D eigenvalue weighted by molar-refractivity contribution is -0.507. The van der Waals surface area contributed by atoms with E-state index in [9.17, 15) is 9.59 Å². The van der Waals surface area contributed by atoms with E-state index >= 15 is 0 Å². The Morgan fingerprint density at radius 2 is 1.69 bits per heavy atom. The first-order valence-electron chi connectivity index (χ1n) is 11.0. The smallest absolute Gasteiger partial charge is 0.279 e. The van der Waals surface area contributed by atoms with Crippen LogP contribution in [0.4, 0.5) is 5.69 Å². The molecule has 0 aliphatic carbocycles. The van der Waals surface area contributed by atoms with Crippen molar-refractivity contribution in [2.75, 3.05) is 11.9 Å². The maximum Gasteiger partial charge on any atom is 0.279 e. The van der Waals surface area contributed by atoms with Gasteiger partial charge in [0, 0.05) is 11.5 Å². The zero-order valence-corrected chi connectivity index (χ0v) is 18.3. The number of fused-ring (bicyclic) bond motifs is 1. The van der Waals surface area contributed by atoms with E-state index in [0.29, 0.717) is 31.5 Å². The third-order valence-electron chi connectivity index (χ3n) is 5.52. The number of hydrogen-bond donors (Lipinski definition) is 5.